The topological polar surface area (TPSA) is 63.6 Å². The lowest BCUT2D eigenvalue weighted by Gasteiger charge is -2.58. The van der Waals surface area contributed by atoms with Crippen LogP contribution in [-0.4, -0.2) is 23.1 Å². The molecule has 3 fully saturated rings. The number of rotatable bonds is 5. The van der Waals surface area contributed by atoms with Gasteiger partial charge < -0.3 is 9.84 Å². The van der Waals surface area contributed by atoms with Crippen molar-refractivity contribution in [2.24, 2.45) is 40.4 Å². The molecule has 1 unspecified atom stereocenters. The Balaban J connectivity index is 1.51. The highest BCUT2D eigenvalue weighted by Gasteiger charge is 2.59. The molecule has 3 saturated carbocycles. The maximum Gasteiger partial charge on any atom is 0.303 e. The molecular weight excluding hydrogens is 376 g/mol. The van der Waals surface area contributed by atoms with Crippen molar-refractivity contribution in [2.75, 3.05) is 0 Å². The van der Waals surface area contributed by atoms with E-state index in [1.54, 1.807) is 5.57 Å². The number of allylic oxidation sites excluding steroid dienone is 1. The molecule has 0 radical (unpaired) electrons. The van der Waals surface area contributed by atoms with Gasteiger partial charge in [0, 0.05) is 19.8 Å². The standard InChI is InChI=1S/C26H40O4/c1-16(5-10-24(28)29)21-8-9-22-20-7-6-18-15-19(30-17(2)27)11-13-25(18,3)23(20)12-14-26(21,22)4/h6,16,19-23H,5,7-15H2,1-4H3,(H,28,29)/t16-,19?,20+,21-,22+,23+,25+,26-/m1/s1. The number of ether oxygens (including phenoxy) is 1. The molecule has 0 spiro atoms. The van der Waals surface area contributed by atoms with E-state index in [0.29, 0.717) is 23.7 Å². The Bertz CT molecular complexity index is 727. The van der Waals surface area contributed by atoms with Gasteiger partial charge in [-0.25, -0.2) is 0 Å². The summed E-state index contributed by atoms with van der Waals surface area (Å²) < 4.78 is 5.57. The van der Waals surface area contributed by atoms with Crippen LogP contribution in [0.3, 0.4) is 0 Å². The van der Waals surface area contributed by atoms with Gasteiger partial charge in [0.25, 0.3) is 0 Å². The second-order valence-corrected chi connectivity index (χ2v) is 11.4. The van der Waals surface area contributed by atoms with Gasteiger partial charge in [-0.3, -0.25) is 9.59 Å². The van der Waals surface area contributed by atoms with Crippen molar-refractivity contribution >= 4 is 11.9 Å². The fourth-order valence-electron chi connectivity index (χ4n) is 8.49. The largest absolute Gasteiger partial charge is 0.481 e. The first kappa shape index (κ1) is 21.9. The molecule has 4 aliphatic rings. The molecule has 1 N–H and O–H groups in total. The summed E-state index contributed by atoms with van der Waals surface area (Å²) in [4.78, 5) is 22.5. The molecule has 8 atom stereocenters. The van der Waals surface area contributed by atoms with Crippen molar-refractivity contribution in [3.8, 4) is 0 Å². The zero-order chi connectivity index (χ0) is 21.7. The van der Waals surface area contributed by atoms with Crippen LogP contribution in [-0.2, 0) is 14.3 Å². The number of carboxylic acid groups (broad SMARTS) is 1. The van der Waals surface area contributed by atoms with E-state index >= 15 is 0 Å². The normalized spacial score (nSPS) is 43.6. The predicted molar refractivity (Wildman–Crippen MR) is 117 cm³/mol. The number of carbonyl (C=O) groups excluding carboxylic acids is 1. The minimum absolute atomic E-state index is 0.0678. The quantitative estimate of drug-likeness (QED) is 0.441. The van der Waals surface area contributed by atoms with Gasteiger partial charge >= 0.3 is 11.9 Å². The highest BCUT2D eigenvalue weighted by Crippen LogP contribution is 2.67. The van der Waals surface area contributed by atoms with Crippen molar-refractivity contribution < 1.29 is 19.4 Å². The molecule has 4 rings (SSSR count). The van der Waals surface area contributed by atoms with Gasteiger partial charge in [-0.1, -0.05) is 32.4 Å². The van der Waals surface area contributed by atoms with Crippen molar-refractivity contribution in [3.05, 3.63) is 11.6 Å². The lowest BCUT2D eigenvalue weighted by Crippen LogP contribution is -2.51. The molecule has 0 bridgehead atoms. The van der Waals surface area contributed by atoms with E-state index in [-0.39, 0.29) is 17.5 Å². The molecule has 0 aliphatic heterocycles. The molecule has 4 aliphatic carbocycles. The van der Waals surface area contributed by atoms with E-state index in [9.17, 15) is 9.59 Å². The molecule has 0 saturated heterocycles. The second-order valence-electron chi connectivity index (χ2n) is 11.4. The number of esters is 1. The molecule has 0 aromatic carbocycles. The van der Waals surface area contributed by atoms with Crippen LogP contribution in [0, 0.1) is 40.4 Å². The average Bonchev–Trinajstić information content (AvgIpc) is 3.03. The first-order valence-electron chi connectivity index (χ1n) is 12.2. The monoisotopic (exact) mass is 416 g/mol. The molecule has 0 aromatic rings. The summed E-state index contributed by atoms with van der Waals surface area (Å²) in [6.45, 7) is 8.84. The summed E-state index contributed by atoms with van der Waals surface area (Å²) >= 11 is 0. The van der Waals surface area contributed by atoms with Crippen molar-refractivity contribution in [2.45, 2.75) is 98.0 Å². The van der Waals surface area contributed by atoms with Gasteiger partial charge in [0.2, 0.25) is 0 Å². The maximum atomic E-state index is 11.4. The SMILES string of the molecule is CC(=O)OC1CC[C@@]2(C)C(=CC[C@H]3[C@@H]4CC[C@H]([C@H](C)CCC(=O)O)[C@@]4(C)CC[C@@H]32)C1. The van der Waals surface area contributed by atoms with Crippen LogP contribution >= 0.6 is 0 Å². The van der Waals surface area contributed by atoms with Gasteiger partial charge in [0.15, 0.2) is 0 Å². The minimum atomic E-state index is -0.660. The number of carbonyl (C=O) groups is 2. The zero-order valence-corrected chi connectivity index (χ0v) is 19.3. The Morgan fingerprint density at radius 3 is 2.63 bits per heavy atom. The van der Waals surface area contributed by atoms with Crippen LogP contribution in [0.25, 0.3) is 0 Å². The molecule has 4 nitrogen and oxygen atoms in total. The second kappa shape index (κ2) is 7.98. The van der Waals surface area contributed by atoms with Crippen LogP contribution in [0.1, 0.15) is 91.9 Å². The van der Waals surface area contributed by atoms with Crippen LogP contribution in [0.4, 0.5) is 0 Å². The van der Waals surface area contributed by atoms with E-state index in [1.807, 2.05) is 0 Å². The first-order chi connectivity index (χ1) is 14.1. The predicted octanol–water partition coefficient (Wildman–Crippen LogP) is 6.00. The molecule has 0 aromatic heterocycles. The Labute approximate surface area is 181 Å². The smallest absolute Gasteiger partial charge is 0.303 e. The highest BCUT2D eigenvalue weighted by molar-refractivity contribution is 5.66. The molecule has 0 amide bonds. The number of hydrogen-bond acceptors (Lipinski definition) is 3. The molecular formula is C26H40O4. The van der Waals surface area contributed by atoms with Gasteiger partial charge in [-0.15, -0.1) is 0 Å². The van der Waals surface area contributed by atoms with Gasteiger partial charge in [-0.05, 0) is 91.8 Å². The summed E-state index contributed by atoms with van der Waals surface area (Å²) in [5.74, 6) is 2.64. The fourth-order valence-corrected chi connectivity index (χ4v) is 8.49. The Morgan fingerprint density at radius 2 is 1.93 bits per heavy atom. The summed E-state index contributed by atoms with van der Waals surface area (Å²) in [7, 11) is 0. The lowest BCUT2D eigenvalue weighted by molar-refractivity contribution is -0.148. The maximum absolute atomic E-state index is 11.4. The van der Waals surface area contributed by atoms with Crippen molar-refractivity contribution in [3.63, 3.8) is 0 Å². The van der Waals surface area contributed by atoms with Gasteiger partial charge in [0.1, 0.15) is 6.10 Å². The molecule has 4 heteroatoms. The fraction of sp³-hybridized carbons (Fsp3) is 0.846. The van der Waals surface area contributed by atoms with E-state index in [4.69, 9.17) is 9.84 Å². The van der Waals surface area contributed by atoms with E-state index in [0.717, 1.165) is 43.4 Å². The number of carboxylic acids is 1. The highest BCUT2D eigenvalue weighted by atomic mass is 16.5. The minimum Gasteiger partial charge on any atom is -0.481 e. The Morgan fingerprint density at radius 1 is 1.17 bits per heavy atom. The van der Waals surface area contributed by atoms with Crippen molar-refractivity contribution in [1.82, 2.24) is 0 Å². The Kier molecular flexibility index (Phi) is 5.83. The van der Waals surface area contributed by atoms with E-state index < -0.39 is 5.97 Å². The zero-order valence-electron chi connectivity index (χ0n) is 19.3. The van der Waals surface area contributed by atoms with Crippen LogP contribution < -0.4 is 0 Å². The molecule has 0 heterocycles. The summed E-state index contributed by atoms with van der Waals surface area (Å²) in [5, 5.41) is 9.13. The first-order valence-corrected chi connectivity index (χ1v) is 12.2. The number of hydrogen-bond donors (Lipinski definition) is 1. The lowest BCUT2D eigenvalue weighted by atomic mass is 9.47. The summed E-state index contributed by atoms with van der Waals surface area (Å²) in [5.41, 5.74) is 2.19. The van der Waals surface area contributed by atoms with Crippen LogP contribution in [0.5, 0.6) is 0 Å². The summed E-state index contributed by atoms with van der Waals surface area (Å²) in [6, 6.07) is 0. The Hall–Kier alpha value is -1.32. The summed E-state index contributed by atoms with van der Waals surface area (Å²) in [6.07, 6.45) is 13.1. The van der Waals surface area contributed by atoms with Crippen molar-refractivity contribution in [1.29, 1.82) is 0 Å². The van der Waals surface area contributed by atoms with Crippen LogP contribution in [0.15, 0.2) is 11.6 Å². The third-order valence-corrected chi connectivity index (χ3v) is 9.97. The number of fused-ring (bicyclic) bond motifs is 5. The molecule has 30 heavy (non-hydrogen) atoms. The van der Waals surface area contributed by atoms with Crippen LogP contribution in [0.2, 0.25) is 0 Å². The van der Waals surface area contributed by atoms with Gasteiger partial charge in [-0.2, -0.15) is 0 Å². The third-order valence-electron chi connectivity index (χ3n) is 9.97. The number of aliphatic carboxylic acids is 1. The molecule has 168 valence electrons. The van der Waals surface area contributed by atoms with E-state index in [1.165, 1.54) is 39.0 Å². The average molecular weight is 417 g/mol. The van der Waals surface area contributed by atoms with Gasteiger partial charge in [0.05, 0.1) is 0 Å². The van der Waals surface area contributed by atoms with E-state index in [2.05, 4.69) is 26.8 Å². The third kappa shape index (κ3) is 3.62.